The molecule has 0 aromatic heterocycles. The van der Waals surface area contributed by atoms with Gasteiger partial charge in [0, 0.05) is 13.1 Å². The molecule has 15 heavy (non-hydrogen) atoms. The molecule has 2 rings (SSSR count). The third kappa shape index (κ3) is 2.82. The molecular formula is C14H21N. The molecule has 0 aliphatic heterocycles. The molecule has 1 N–H and O–H groups in total. The van der Waals surface area contributed by atoms with Gasteiger partial charge in [0.05, 0.1) is 0 Å². The van der Waals surface area contributed by atoms with Gasteiger partial charge >= 0.3 is 0 Å². The molecule has 1 heteroatoms. The van der Waals surface area contributed by atoms with E-state index in [9.17, 15) is 0 Å². The van der Waals surface area contributed by atoms with E-state index in [1.807, 2.05) is 0 Å². The van der Waals surface area contributed by atoms with Crippen LogP contribution in [0.1, 0.15) is 36.5 Å². The first-order chi connectivity index (χ1) is 7.09. The third-order valence-electron chi connectivity index (χ3n) is 3.56. The highest BCUT2D eigenvalue weighted by molar-refractivity contribution is 5.29. The summed E-state index contributed by atoms with van der Waals surface area (Å²) in [4.78, 5) is 0. The molecule has 0 radical (unpaired) electrons. The van der Waals surface area contributed by atoms with Crippen molar-refractivity contribution in [2.24, 2.45) is 5.41 Å². The van der Waals surface area contributed by atoms with Gasteiger partial charge in [-0.2, -0.15) is 0 Å². The fourth-order valence-electron chi connectivity index (χ4n) is 1.81. The maximum Gasteiger partial charge on any atom is 0.0205 e. The van der Waals surface area contributed by atoms with Crippen LogP contribution in [0, 0.1) is 19.3 Å². The van der Waals surface area contributed by atoms with E-state index in [1.165, 1.54) is 36.1 Å². The van der Waals surface area contributed by atoms with E-state index in [4.69, 9.17) is 0 Å². The van der Waals surface area contributed by atoms with Gasteiger partial charge in [-0.25, -0.2) is 0 Å². The van der Waals surface area contributed by atoms with Crippen molar-refractivity contribution in [3.63, 3.8) is 0 Å². The van der Waals surface area contributed by atoms with Gasteiger partial charge in [0.25, 0.3) is 0 Å². The van der Waals surface area contributed by atoms with Gasteiger partial charge in [-0.15, -0.1) is 0 Å². The average Bonchev–Trinajstić information content (AvgIpc) is 2.90. The van der Waals surface area contributed by atoms with Crippen molar-refractivity contribution in [1.29, 1.82) is 0 Å². The Hall–Kier alpha value is -0.820. The first-order valence-electron chi connectivity index (χ1n) is 5.86. The Morgan fingerprint density at radius 2 is 1.93 bits per heavy atom. The van der Waals surface area contributed by atoms with Crippen LogP contribution in [0.4, 0.5) is 0 Å². The topological polar surface area (TPSA) is 12.0 Å². The predicted octanol–water partition coefficient (Wildman–Crippen LogP) is 3.19. The lowest BCUT2D eigenvalue weighted by molar-refractivity contribution is 0.499. The van der Waals surface area contributed by atoms with Crippen LogP contribution in [-0.4, -0.2) is 6.54 Å². The second kappa shape index (κ2) is 3.97. The molecule has 1 nitrogen and oxygen atoms in total. The van der Waals surface area contributed by atoms with Gasteiger partial charge in [0.2, 0.25) is 0 Å². The SMILES string of the molecule is Cc1ccc(CNCC2(C)CC2)cc1C. The average molecular weight is 203 g/mol. The van der Waals surface area contributed by atoms with Crippen LogP contribution in [0.25, 0.3) is 0 Å². The van der Waals surface area contributed by atoms with E-state index in [0.717, 1.165) is 6.54 Å². The molecule has 0 amide bonds. The van der Waals surface area contributed by atoms with Gasteiger partial charge in [-0.1, -0.05) is 25.1 Å². The molecule has 1 fully saturated rings. The minimum absolute atomic E-state index is 0.611. The first-order valence-corrected chi connectivity index (χ1v) is 5.86. The lowest BCUT2D eigenvalue weighted by Gasteiger charge is -2.10. The van der Waals surface area contributed by atoms with Crippen molar-refractivity contribution < 1.29 is 0 Å². The van der Waals surface area contributed by atoms with E-state index < -0.39 is 0 Å². The maximum atomic E-state index is 3.55. The summed E-state index contributed by atoms with van der Waals surface area (Å²) in [6.07, 6.45) is 2.79. The maximum absolute atomic E-state index is 3.55. The summed E-state index contributed by atoms with van der Waals surface area (Å²) in [6, 6.07) is 6.73. The van der Waals surface area contributed by atoms with Crippen molar-refractivity contribution >= 4 is 0 Å². The molecule has 1 aromatic rings. The minimum atomic E-state index is 0.611. The second-order valence-electron chi connectivity index (χ2n) is 5.33. The number of aryl methyl sites for hydroxylation is 2. The number of benzene rings is 1. The normalized spacial score (nSPS) is 17.8. The van der Waals surface area contributed by atoms with Crippen molar-refractivity contribution in [2.75, 3.05) is 6.54 Å². The van der Waals surface area contributed by atoms with E-state index in [0.29, 0.717) is 5.41 Å². The van der Waals surface area contributed by atoms with Gasteiger partial charge in [-0.3, -0.25) is 0 Å². The molecule has 82 valence electrons. The summed E-state index contributed by atoms with van der Waals surface area (Å²) in [5.74, 6) is 0. The third-order valence-corrected chi connectivity index (χ3v) is 3.56. The fourth-order valence-corrected chi connectivity index (χ4v) is 1.81. The lowest BCUT2D eigenvalue weighted by atomic mass is 10.1. The predicted molar refractivity (Wildman–Crippen MR) is 65.0 cm³/mol. The van der Waals surface area contributed by atoms with Crippen LogP contribution in [0.2, 0.25) is 0 Å². The highest BCUT2D eigenvalue weighted by atomic mass is 14.9. The number of rotatable bonds is 4. The van der Waals surface area contributed by atoms with Crippen molar-refractivity contribution in [2.45, 2.75) is 40.2 Å². The molecule has 1 saturated carbocycles. The molecule has 1 aromatic carbocycles. The zero-order valence-electron chi connectivity index (χ0n) is 10.1. The molecular weight excluding hydrogens is 182 g/mol. The Kier molecular flexibility index (Phi) is 2.83. The largest absolute Gasteiger partial charge is 0.312 e. The highest BCUT2D eigenvalue weighted by Gasteiger charge is 2.36. The standard InChI is InChI=1S/C14H21N/c1-11-4-5-13(8-12(11)2)9-15-10-14(3)6-7-14/h4-5,8,15H,6-7,9-10H2,1-3H3. The number of nitrogens with one attached hydrogen (secondary N) is 1. The molecule has 1 aliphatic carbocycles. The van der Waals surface area contributed by atoms with Gasteiger partial charge in [-0.05, 0) is 48.8 Å². The fraction of sp³-hybridized carbons (Fsp3) is 0.571. The second-order valence-corrected chi connectivity index (χ2v) is 5.33. The molecule has 0 bridgehead atoms. The Morgan fingerprint density at radius 1 is 1.20 bits per heavy atom. The monoisotopic (exact) mass is 203 g/mol. The van der Waals surface area contributed by atoms with Crippen molar-refractivity contribution in [3.05, 3.63) is 34.9 Å². The van der Waals surface area contributed by atoms with Crippen LogP contribution in [0.5, 0.6) is 0 Å². The van der Waals surface area contributed by atoms with Crippen LogP contribution in [-0.2, 0) is 6.54 Å². The summed E-state index contributed by atoms with van der Waals surface area (Å²) >= 11 is 0. The Bertz CT molecular complexity index is 350. The quantitative estimate of drug-likeness (QED) is 0.792. The lowest BCUT2D eigenvalue weighted by Crippen LogP contribution is -2.21. The summed E-state index contributed by atoms with van der Waals surface area (Å²) in [5, 5.41) is 3.55. The van der Waals surface area contributed by atoms with Crippen molar-refractivity contribution in [1.82, 2.24) is 5.32 Å². The summed E-state index contributed by atoms with van der Waals surface area (Å²) < 4.78 is 0. The Morgan fingerprint density at radius 3 is 2.53 bits per heavy atom. The zero-order chi connectivity index (χ0) is 10.9. The number of hydrogen-bond donors (Lipinski definition) is 1. The Balaban J connectivity index is 1.85. The van der Waals surface area contributed by atoms with Crippen LogP contribution >= 0.6 is 0 Å². The van der Waals surface area contributed by atoms with E-state index in [2.05, 4.69) is 44.3 Å². The smallest absolute Gasteiger partial charge is 0.0205 e. The molecule has 0 unspecified atom stereocenters. The molecule has 0 atom stereocenters. The molecule has 1 aliphatic rings. The van der Waals surface area contributed by atoms with E-state index in [1.54, 1.807) is 0 Å². The van der Waals surface area contributed by atoms with Crippen molar-refractivity contribution in [3.8, 4) is 0 Å². The van der Waals surface area contributed by atoms with Crippen LogP contribution in [0.3, 0.4) is 0 Å². The molecule has 0 spiro atoms. The first kappa shape index (κ1) is 10.7. The van der Waals surface area contributed by atoms with Gasteiger partial charge < -0.3 is 5.32 Å². The summed E-state index contributed by atoms with van der Waals surface area (Å²) in [7, 11) is 0. The minimum Gasteiger partial charge on any atom is -0.312 e. The highest BCUT2D eigenvalue weighted by Crippen LogP contribution is 2.44. The van der Waals surface area contributed by atoms with E-state index >= 15 is 0 Å². The number of hydrogen-bond acceptors (Lipinski definition) is 1. The molecule has 0 saturated heterocycles. The van der Waals surface area contributed by atoms with Gasteiger partial charge in [0.1, 0.15) is 0 Å². The zero-order valence-corrected chi connectivity index (χ0v) is 10.1. The molecule has 0 heterocycles. The summed E-state index contributed by atoms with van der Waals surface area (Å²) in [6.45, 7) is 8.88. The van der Waals surface area contributed by atoms with Crippen LogP contribution < -0.4 is 5.32 Å². The Labute approximate surface area is 92.9 Å². The van der Waals surface area contributed by atoms with Crippen LogP contribution in [0.15, 0.2) is 18.2 Å². The van der Waals surface area contributed by atoms with E-state index in [-0.39, 0.29) is 0 Å². The summed E-state index contributed by atoms with van der Waals surface area (Å²) in [5.41, 5.74) is 4.79. The van der Waals surface area contributed by atoms with Gasteiger partial charge in [0.15, 0.2) is 0 Å².